The van der Waals surface area contributed by atoms with Crippen molar-refractivity contribution < 1.29 is 18.9 Å². The summed E-state index contributed by atoms with van der Waals surface area (Å²) in [7, 11) is 0. The lowest BCUT2D eigenvalue weighted by molar-refractivity contribution is 0.453. The van der Waals surface area contributed by atoms with E-state index in [4.69, 9.17) is 211 Å². The number of hydrogen-bond donors (Lipinski definition) is 2. The molecule has 8 aromatic carbocycles. The van der Waals surface area contributed by atoms with Crippen LogP contribution in [0, 0.1) is 0 Å². The van der Waals surface area contributed by atoms with E-state index in [0.29, 0.717) is 17.2 Å². The molecule has 5 heterocycles. The van der Waals surface area contributed by atoms with Gasteiger partial charge in [-0.1, -0.05) is 330 Å². The molecule has 550 valence electrons. The van der Waals surface area contributed by atoms with Crippen LogP contribution < -0.4 is 18.9 Å². The summed E-state index contributed by atoms with van der Waals surface area (Å²) in [5, 5.41) is -0.515. The summed E-state index contributed by atoms with van der Waals surface area (Å²) in [6.45, 7) is 37.9. The van der Waals surface area contributed by atoms with Gasteiger partial charge >= 0.3 is 0 Å². The monoisotopic (exact) mass is 1690 g/mol. The fourth-order valence-electron chi connectivity index (χ4n) is 12.7. The third kappa shape index (κ3) is 13.9. The van der Waals surface area contributed by atoms with Crippen LogP contribution in [0.2, 0.25) is 70.3 Å². The second-order valence-corrected chi connectivity index (χ2v) is 37.6. The number of fused-ring (bicyclic) bond motifs is 20. The van der Waals surface area contributed by atoms with E-state index >= 15 is 0 Å². The Morgan fingerprint density at radius 2 is 0.509 bits per heavy atom. The maximum atomic E-state index is 7.85. The number of H-pyrrole nitrogens is 2. The van der Waals surface area contributed by atoms with Crippen molar-refractivity contribution in [1.29, 1.82) is 0 Å². The van der Waals surface area contributed by atoms with Crippen LogP contribution in [0.15, 0.2) is 72.8 Å². The summed E-state index contributed by atoms with van der Waals surface area (Å²) in [5.74, 6) is 0.647. The zero-order valence-electron chi connectivity index (χ0n) is 60.5. The Balaban J connectivity index is 1.19. The zero-order valence-corrected chi connectivity index (χ0v) is 71.1. The first-order chi connectivity index (χ1) is 49.2. The van der Waals surface area contributed by atoms with Crippen LogP contribution in [0.3, 0.4) is 0 Å². The van der Waals surface area contributed by atoms with Crippen LogP contribution in [0.25, 0.3) is 89.7 Å². The third-order valence-electron chi connectivity index (χ3n) is 18.5. The summed E-state index contributed by atoms with van der Waals surface area (Å²) in [6, 6.07) is 22.8. The minimum atomic E-state index is -0.461. The predicted octanol–water partition coefficient (Wildman–Crippen LogP) is 31.0. The van der Waals surface area contributed by atoms with Gasteiger partial charge in [0.25, 0.3) is 0 Å². The van der Waals surface area contributed by atoms with Gasteiger partial charge in [0.2, 0.25) is 0 Å². The van der Waals surface area contributed by atoms with Crippen molar-refractivity contribution in [3.8, 4) is 91.5 Å². The van der Waals surface area contributed by atoms with E-state index in [9.17, 15) is 0 Å². The highest BCUT2D eigenvalue weighted by Gasteiger charge is 2.38. The Labute approximate surface area is 684 Å². The van der Waals surface area contributed by atoms with Gasteiger partial charge in [-0.3, -0.25) is 0 Å². The summed E-state index contributed by atoms with van der Waals surface area (Å²) in [6.07, 6.45) is 0. The van der Waals surface area contributed by atoms with Crippen LogP contribution in [0.1, 0.15) is 158 Å². The first-order valence-corrected chi connectivity index (χ1v) is 38.7. The Hall–Kier alpha value is -5.62. The maximum absolute atomic E-state index is 7.85. The van der Waals surface area contributed by atoms with Crippen molar-refractivity contribution >= 4 is 207 Å². The highest BCUT2D eigenvalue weighted by Crippen LogP contribution is 2.59. The average molecular weight is 1700 g/mol. The first-order valence-electron chi connectivity index (χ1n) is 33.4. The maximum Gasteiger partial charge on any atom is 0.167 e. The molecule has 12 nitrogen and oxygen atoms in total. The van der Waals surface area contributed by atoms with E-state index in [0.717, 1.165) is 33.4 Å². The highest BCUT2D eigenvalue weighted by atomic mass is 35.5. The molecule has 11 aromatic rings. The zero-order chi connectivity index (χ0) is 77.4. The van der Waals surface area contributed by atoms with E-state index in [1.54, 1.807) is 18.2 Å². The molecule has 0 fully saturated rings. The molecule has 2 N–H and O–H groups in total. The molecule has 0 saturated carbocycles. The Morgan fingerprint density at radius 1 is 0.255 bits per heavy atom. The van der Waals surface area contributed by atoms with Gasteiger partial charge < -0.3 is 28.9 Å². The highest BCUT2D eigenvalue weighted by molar-refractivity contribution is 6.54. The fourth-order valence-corrected chi connectivity index (χ4v) is 16.6. The van der Waals surface area contributed by atoms with E-state index < -0.39 is 16.2 Å². The SMILES string of the molecule is CC(C)(C)c1ccc(Oc2c(Cl)c(Cl)c3c(c2Cl)-c2nc-3nc3[nH]c(nc4nc(nc5[nH]c(n2)c2c(Cl)c(Cl)c(Oc6ccc(C(C)(C)C)cc6C(C)(C)C)c(Cl)c52)-c2c(Cl)c(Cl)c(Oc5ccc(C(C)(C)C)cc5C(C)(C)C)c(Cl)c2-4)c2c(Cl)c(Oc4c(Cl)cccc4Cl)c(Cl)c(Cl)c32)c(C(C)(C)C)c1. The number of halogens is 14. The molecule has 0 saturated heterocycles. The standard InChI is InChI=1S/C80H68Cl14N8O4/c1-75(2,3)31-22-25-39(34(28-31)78(10,11)12)103-63-54(87)46-42(50(83)58(63)91)67-95-68-45-49(57(90)66(61(94)53(45)86)106-62-37(81)20-19-21-38(62)82)74(97-68)102-73-48-44(52(85)60(93)65(56(48)89)105-41-27-24-33(77(7,8)9)30-36(41)80(16,17)18)70(101-73)100-72-47-43(69(99-72)98-71(46)96-67)51(84)59(92)64(55(47)88)104-40-26-23-32(76(4,5)6)29-35(40)79(13,14)15/h19-30H,1-18H3,(H2,95,96,97,98,99,100,101,102). The van der Waals surface area contributed by atoms with Crippen molar-refractivity contribution in [1.82, 2.24) is 39.9 Å². The minimum Gasteiger partial charge on any atom is -0.454 e. The lowest BCUT2D eigenvalue weighted by atomic mass is 9.80. The summed E-state index contributed by atoms with van der Waals surface area (Å²) in [5.41, 5.74) is 4.00. The molecule has 26 heteroatoms. The van der Waals surface area contributed by atoms with Crippen molar-refractivity contribution in [2.45, 2.75) is 157 Å². The number of para-hydroxylation sites is 1. The fraction of sp³-hybridized carbons (Fsp3) is 0.300. The van der Waals surface area contributed by atoms with Crippen LogP contribution >= 0.6 is 162 Å². The van der Waals surface area contributed by atoms with Gasteiger partial charge in [0.05, 0.1) is 94.0 Å². The minimum absolute atomic E-state index is 0.0107. The van der Waals surface area contributed by atoms with Crippen molar-refractivity contribution in [3.05, 3.63) is 176 Å². The first kappa shape index (κ1) is 78.5. The molecule has 3 aromatic heterocycles. The second kappa shape index (κ2) is 27.7. The van der Waals surface area contributed by atoms with Crippen molar-refractivity contribution in [3.63, 3.8) is 0 Å². The Kier molecular flexibility index (Phi) is 20.5. The Bertz CT molecular complexity index is 5790. The quantitative estimate of drug-likeness (QED) is 0.141. The smallest absolute Gasteiger partial charge is 0.167 e. The molecular weight excluding hydrogens is 1630 g/mol. The summed E-state index contributed by atoms with van der Waals surface area (Å²) >= 11 is 105. The van der Waals surface area contributed by atoms with Crippen LogP contribution in [-0.2, 0) is 32.5 Å². The van der Waals surface area contributed by atoms with Gasteiger partial charge in [-0.25, -0.2) is 29.9 Å². The van der Waals surface area contributed by atoms with Crippen LogP contribution in [0.4, 0.5) is 0 Å². The number of nitrogens with zero attached hydrogens (tertiary/aromatic N) is 6. The molecular formula is C80H68Cl14N8O4. The molecule has 2 aliphatic rings. The predicted molar refractivity (Wildman–Crippen MR) is 444 cm³/mol. The van der Waals surface area contributed by atoms with Gasteiger partial charge in [0.1, 0.15) is 59.9 Å². The van der Waals surface area contributed by atoms with E-state index in [1.165, 1.54) is 0 Å². The molecule has 0 atom stereocenters. The summed E-state index contributed by atoms with van der Waals surface area (Å²) in [4.78, 5) is 38.2. The van der Waals surface area contributed by atoms with E-state index in [1.807, 2.05) is 36.4 Å². The van der Waals surface area contributed by atoms with Crippen molar-refractivity contribution in [2.75, 3.05) is 0 Å². The van der Waals surface area contributed by atoms with E-state index in [-0.39, 0.29) is 205 Å². The van der Waals surface area contributed by atoms with Crippen molar-refractivity contribution in [2.24, 2.45) is 0 Å². The number of rotatable bonds is 8. The number of nitrogens with one attached hydrogen (secondary N) is 2. The molecule has 0 spiro atoms. The molecule has 2 aliphatic heterocycles. The van der Waals surface area contributed by atoms with E-state index in [2.05, 4.69) is 153 Å². The van der Waals surface area contributed by atoms with Crippen LogP contribution in [-0.4, -0.2) is 39.9 Å². The topological polar surface area (TPSA) is 146 Å². The largest absolute Gasteiger partial charge is 0.454 e. The number of hydrogen-bond acceptors (Lipinski definition) is 10. The molecule has 13 rings (SSSR count). The Morgan fingerprint density at radius 3 is 0.792 bits per heavy atom. The lowest BCUT2D eigenvalue weighted by Gasteiger charge is -2.27. The number of aromatic nitrogens is 8. The number of aromatic amines is 2. The molecule has 8 bridgehead atoms. The molecule has 0 radical (unpaired) electrons. The average Bonchev–Trinajstić information content (AvgIpc) is 1.56. The van der Waals surface area contributed by atoms with Gasteiger partial charge in [0.15, 0.2) is 52.0 Å². The molecule has 0 amide bonds. The molecule has 0 aliphatic carbocycles. The van der Waals surface area contributed by atoms with Gasteiger partial charge in [-0.05, 0) is 79.5 Å². The van der Waals surface area contributed by atoms with Gasteiger partial charge in [-0.2, -0.15) is 0 Å². The number of benzene rings is 8. The van der Waals surface area contributed by atoms with Crippen LogP contribution in [0.5, 0.6) is 46.0 Å². The number of ether oxygens (including phenoxy) is 4. The lowest BCUT2D eigenvalue weighted by Crippen LogP contribution is -2.17. The van der Waals surface area contributed by atoms with Gasteiger partial charge in [-0.15, -0.1) is 0 Å². The third-order valence-corrected chi connectivity index (χ3v) is 23.8. The van der Waals surface area contributed by atoms with Gasteiger partial charge in [0, 0.05) is 16.7 Å². The normalized spacial score (nSPS) is 12.9. The summed E-state index contributed by atoms with van der Waals surface area (Å²) < 4.78 is 27.3. The molecule has 0 unspecified atom stereocenters. The second-order valence-electron chi connectivity index (χ2n) is 32.3. The molecule has 106 heavy (non-hydrogen) atoms.